The van der Waals surface area contributed by atoms with Crippen molar-refractivity contribution in [1.29, 1.82) is 0 Å². The molecule has 1 N–H and O–H groups in total. The van der Waals surface area contributed by atoms with Gasteiger partial charge in [0.05, 0.1) is 0 Å². The van der Waals surface area contributed by atoms with Crippen LogP contribution in [0.5, 0.6) is 0 Å². The largest absolute Gasteiger partial charge is 0.353 e. The number of likely N-dealkylation sites (N-methyl/N-ethyl adjacent to an activating group) is 1. The molecule has 1 aromatic rings. The summed E-state index contributed by atoms with van der Waals surface area (Å²) in [5, 5.41) is 2.97. The topological polar surface area (TPSA) is 35.6 Å². The Hall–Kier alpha value is -1.65. The van der Waals surface area contributed by atoms with Crippen LogP contribution in [0, 0.1) is 0 Å². The lowest BCUT2D eigenvalue weighted by atomic mass is 10.0. The van der Waals surface area contributed by atoms with E-state index in [1.54, 1.807) is 6.08 Å². The molecule has 0 spiro atoms. The van der Waals surface area contributed by atoms with Gasteiger partial charge in [-0.2, -0.15) is 0 Å². The molecule has 4 nitrogen and oxygen atoms in total. The van der Waals surface area contributed by atoms with Gasteiger partial charge >= 0.3 is 0 Å². The summed E-state index contributed by atoms with van der Waals surface area (Å²) in [4.78, 5) is 16.7. The molecule has 0 aliphatic carbocycles. The van der Waals surface area contributed by atoms with Crippen LogP contribution in [0.25, 0.3) is 6.08 Å². The first-order valence-corrected chi connectivity index (χ1v) is 9.01. The number of piperazine rings is 1. The Morgan fingerprint density at radius 1 is 1.17 bits per heavy atom. The van der Waals surface area contributed by atoms with Gasteiger partial charge in [-0.15, -0.1) is 0 Å². The number of carbonyl (C=O) groups excluding carboxylic acids is 1. The summed E-state index contributed by atoms with van der Waals surface area (Å²) in [6.45, 7) is 10.7. The lowest BCUT2D eigenvalue weighted by Gasteiger charge is -2.32. The Bertz CT molecular complexity index is 528. The van der Waals surface area contributed by atoms with Crippen molar-refractivity contribution in [2.24, 2.45) is 0 Å². The number of benzene rings is 1. The second-order valence-electron chi connectivity index (χ2n) is 6.94. The van der Waals surface area contributed by atoms with Gasteiger partial charge < -0.3 is 15.1 Å². The molecule has 24 heavy (non-hydrogen) atoms. The SMILES string of the molecule is CC(C)c1ccc(/C=C/C(=O)NCCCN2CCN(C)CC2)cc1. The Balaban J connectivity index is 1.64. The number of amides is 1. The van der Waals surface area contributed by atoms with E-state index < -0.39 is 0 Å². The van der Waals surface area contributed by atoms with Crippen molar-refractivity contribution in [3.05, 3.63) is 41.5 Å². The fourth-order valence-electron chi connectivity index (χ4n) is 2.81. The molecule has 0 saturated carbocycles. The first-order chi connectivity index (χ1) is 11.5. The molecule has 1 saturated heterocycles. The van der Waals surface area contributed by atoms with Crippen LogP contribution in [-0.4, -0.2) is 62.0 Å². The summed E-state index contributed by atoms with van der Waals surface area (Å²) in [5.41, 5.74) is 2.38. The van der Waals surface area contributed by atoms with Crippen molar-refractivity contribution >= 4 is 12.0 Å². The van der Waals surface area contributed by atoms with E-state index in [9.17, 15) is 4.79 Å². The van der Waals surface area contributed by atoms with Gasteiger partial charge in [0.1, 0.15) is 0 Å². The number of carbonyl (C=O) groups is 1. The van der Waals surface area contributed by atoms with Crippen LogP contribution >= 0.6 is 0 Å². The van der Waals surface area contributed by atoms with Gasteiger partial charge in [0.15, 0.2) is 0 Å². The van der Waals surface area contributed by atoms with Crippen LogP contribution in [-0.2, 0) is 4.79 Å². The van der Waals surface area contributed by atoms with E-state index in [-0.39, 0.29) is 5.91 Å². The predicted molar refractivity (Wildman–Crippen MR) is 101 cm³/mol. The minimum atomic E-state index is -0.0127. The van der Waals surface area contributed by atoms with Crippen molar-refractivity contribution in [2.45, 2.75) is 26.2 Å². The van der Waals surface area contributed by atoms with E-state index in [0.717, 1.165) is 51.3 Å². The Kier molecular flexibility index (Phi) is 7.47. The average Bonchev–Trinajstić information content (AvgIpc) is 2.59. The Morgan fingerprint density at radius 2 is 1.83 bits per heavy atom. The van der Waals surface area contributed by atoms with Crippen LogP contribution in [0.15, 0.2) is 30.3 Å². The highest BCUT2D eigenvalue weighted by Gasteiger charge is 2.12. The fraction of sp³-hybridized carbons (Fsp3) is 0.550. The number of nitrogens with zero attached hydrogens (tertiary/aromatic N) is 2. The van der Waals surface area contributed by atoms with Crippen molar-refractivity contribution in [1.82, 2.24) is 15.1 Å². The zero-order valence-electron chi connectivity index (χ0n) is 15.3. The summed E-state index contributed by atoms with van der Waals surface area (Å²) < 4.78 is 0. The van der Waals surface area contributed by atoms with E-state index in [1.165, 1.54) is 5.56 Å². The maximum atomic E-state index is 11.9. The van der Waals surface area contributed by atoms with Gasteiger partial charge in [0, 0.05) is 38.8 Å². The molecule has 4 heteroatoms. The second kappa shape index (κ2) is 9.60. The maximum Gasteiger partial charge on any atom is 0.243 e. The summed E-state index contributed by atoms with van der Waals surface area (Å²) in [5.74, 6) is 0.521. The third-order valence-electron chi connectivity index (χ3n) is 4.58. The van der Waals surface area contributed by atoms with Crippen molar-refractivity contribution in [3.8, 4) is 0 Å². The zero-order chi connectivity index (χ0) is 17.4. The molecule has 0 bridgehead atoms. The monoisotopic (exact) mass is 329 g/mol. The van der Waals surface area contributed by atoms with Crippen molar-refractivity contribution in [3.63, 3.8) is 0 Å². The molecule has 0 radical (unpaired) electrons. The highest BCUT2D eigenvalue weighted by atomic mass is 16.1. The minimum Gasteiger partial charge on any atom is -0.353 e. The second-order valence-corrected chi connectivity index (χ2v) is 6.94. The molecule has 2 rings (SSSR count). The third kappa shape index (κ3) is 6.46. The maximum absolute atomic E-state index is 11.9. The van der Waals surface area contributed by atoms with Gasteiger partial charge in [-0.05, 0) is 43.1 Å². The van der Waals surface area contributed by atoms with Crippen molar-refractivity contribution < 1.29 is 4.79 Å². The Morgan fingerprint density at radius 3 is 2.46 bits per heavy atom. The summed E-state index contributed by atoms with van der Waals surface area (Å²) in [6.07, 6.45) is 4.51. The number of hydrogen-bond acceptors (Lipinski definition) is 3. The van der Waals surface area contributed by atoms with Gasteiger partial charge in [-0.1, -0.05) is 38.1 Å². The van der Waals surface area contributed by atoms with Gasteiger partial charge in [-0.25, -0.2) is 0 Å². The van der Waals surface area contributed by atoms with Gasteiger partial charge in [0.25, 0.3) is 0 Å². The summed E-state index contributed by atoms with van der Waals surface area (Å²) in [7, 11) is 2.17. The molecule has 1 aromatic carbocycles. The molecule has 0 aromatic heterocycles. The number of rotatable bonds is 7. The third-order valence-corrected chi connectivity index (χ3v) is 4.58. The van der Waals surface area contributed by atoms with E-state index in [4.69, 9.17) is 0 Å². The van der Waals surface area contributed by atoms with Gasteiger partial charge in [0.2, 0.25) is 5.91 Å². The number of hydrogen-bond donors (Lipinski definition) is 1. The van der Waals surface area contributed by atoms with E-state index >= 15 is 0 Å². The number of nitrogens with one attached hydrogen (secondary N) is 1. The lowest BCUT2D eigenvalue weighted by molar-refractivity contribution is -0.116. The van der Waals surface area contributed by atoms with Crippen molar-refractivity contribution in [2.75, 3.05) is 46.3 Å². The average molecular weight is 329 g/mol. The standard InChI is InChI=1S/C20H31N3O/c1-17(2)19-8-5-18(6-9-19)7-10-20(24)21-11-4-12-23-15-13-22(3)14-16-23/h5-10,17H,4,11-16H2,1-3H3,(H,21,24)/b10-7+. The summed E-state index contributed by atoms with van der Waals surface area (Å²) in [6, 6.07) is 8.37. The van der Waals surface area contributed by atoms with Crippen LogP contribution in [0.2, 0.25) is 0 Å². The fourth-order valence-corrected chi connectivity index (χ4v) is 2.81. The molecular formula is C20H31N3O. The molecule has 1 amide bonds. The smallest absolute Gasteiger partial charge is 0.243 e. The molecule has 1 fully saturated rings. The summed E-state index contributed by atoms with van der Waals surface area (Å²) >= 11 is 0. The predicted octanol–water partition coefficient (Wildman–Crippen LogP) is 2.58. The highest BCUT2D eigenvalue weighted by molar-refractivity contribution is 5.91. The molecule has 0 unspecified atom stereocenters. The van der Waals surface area contributed by atoms with E-state index in [0.29, 0.717) is 5.92 Å². The first kappa shape index (κ1) is 18.7. The molecule has 1 aliphatic rings. The minimum absolute atomic E-state index is 0.0127. The van der Waals surface area contributed by atoms with E-state index in [1.807, 2.05) is 6.08 Å². The lowest BCUT2D eigenvalue weighted by Crippen LogP contribution is -2.45. The highest BCUT2D eigenvalue weighted by Crippen LogP contribution is 2.15. The van der Waals surface area contributed by atoms with Gasteiger partial charge in [-0.3, -0.25) is 4.79 Å². The Labute approximate surface area is 146 Å². The quantitative estimate of drug-likeness (QED) is 0.617. The molecular weight excluding hydrogens is 298 g/mol. The molecule has 0 atom stereocenters. The zero-order valence-corrected chi connectivity index (χ0v) is 15.3. The van der Waals surface area contributed by atoms with Crippen LogP contribution < -0.4 is 5.32 Å². The van der Waals surface area contributed by atoms with E-state index in [2.05, 4.69) is 60.3 Å². The molecule has 1 aliphatic heterocycles. The van der Waals surface area contributed by atoms with Crippen LogP contribution in [0.3, 0.4) is 0 Å². The van der Waals surface area contributed by atoms with Crippen LogP contribution in [0.4, 0.5) is 0 Å². The molecule has 132 valence electrons. The molecule has 1 heterocycles. The normalized spacial score (nSPS) is 16.8. The van der Waals surface area contributed by atoms with Crippen LogP contribution in [0.1, 0.15) is 37.3 Å². The first-order valence-electron chi connectivity index (χ1n) is 9.01.